The van der Waals surface area contributed by atoms with Crippen LogP contribution in [0.2, 0.25) is 0 Å². The summed E-state index contributed by atoms with van der Waals surface area (Å²) >= 11 is 0. The number of aromatic nitrogens is 1. The summed E-state index contributed by atoms with van der Waals surface area (Å²) in [7, 11) is 0. The van der Waals surface area contributed by atoms with Crippen LogP contribution in [0.15, 0.2) is 16.8 Å². The summed E-state index contributed by atoms with van der Waals surface area (Å²) in [6, 6.07) is 1.93. The van der Waals surface area contributed by atoms with E-state index in [4.69, 9.17) is 4.52 Å². The van der Waals surface area contributed by atoms with Crippen molar-refractivity contribution >= 4 is 0 Å². The molecule has 0 radical (unpaired) electrons. The van der Waals surface area contributed by atoms with Crippen LogP contribution in [0.25, 0.3) is 0 Å². The normalized spacial score (nSPS) is 22.4. The molecule has 14 heavy (non-hydrogen) atoms. The smallest absolute Gasteiger partial charge is 0.150 e. The Morgan fingerprint density at radius 1 is 1.64 bits per heavy atom. The SMILES string of the molecule is CC1(C)CN(Cc2ccno2)CCN1. The predicted octanol–water partition coefficient (Wildman–Crippen LogP) is 0.858. The molecule has 0 amide bonds. The van der Waals surface area contributed by atoms with E-state index < -0.39 is 0 Å². The number of nitrogens with zero attached hydrogens (tertiary/aromatic N) is 2. The van der Waals surface area contributed by atoms with Crippen LogP contribution >= 0.6 is 0 Å². The van der Waals surface area contributed by atoms with Crippen molar-refractivity contribution in [3.63, 3.8) is 0 Å². The van der Waals surface area contributed by atoms with Crippen molar-refractivity contribution in [1.29, 1.82) is 0 Å². The van der Waals surface area contributed by atoms with Crippen LogP contribution in [0.5, 0.6) is 0 Å². The molecule has 1 aliphatic rings. The standard InChI is InChI=1S/C10H17N3O/c1-10(2)8-13(6-5-11-10)7-9-3-4-12-14-9/h3-4,11H,5-8H2,1-2H3. The second-order valence-electron chi connectivity index (χ2n) is 4.50. The van der Waals surface area contributed by atoms with E-state index in [-0.39, 0.29) is 5.54 Å². The molecule has 0 aliphatic carbocycles. The molecule has 4 nitrogen and oxygen atoms in total. The molecule has 0 spiro atoms. The molecule has 0 unspecified atom stereocenters. The summed E-state index contributed by atoms with van der Waals surface area (Å²) < 4.78 is 5.09. The second kappa shape index (κ2) is 3.71. The van der Waals surface area contributed by atoms with Gasteiger partial charge < -0.3 is 9.84 Å². The lowest BCUT2D eigenvalue weighted by atomic mass is 10.0. The highest BCUT2D eigenvalue weighted by molar-refractivity contribution is 4.95. The van der Waals surface area contributed by atoms with Gasteiger partial charge in [0, 0.05) is 31.2 Å². The number of piperazine rings is 1. The quantitative estimate of drug-likeness (QED) is 0.760. The predicted molar refractivity (Wildman–Crippen MR) is 53.9 cm³/mol. The average molecular weight is 195 g/mol. The summed E-state index contributed by atoms with van der Waals surface area (Å²) in [5.41, 5.74) is 0.207. The number of hydrogen-bond acceptors (Lipinski definition) is 4. The topological polar surface area (TPSA) is 41.3 Å². The molecule has 4 heteroatoms. The molecular weight excluding hydrogens is 178 g/mol. The van der Waals surface area contributed by atoms with Crippen LogP contribution in [0.4, 0.5) is 0 Å². The Kier molecular flexibility index (Phi) is 2.56. The van der Waals surface area contributed by atoms with Crippen molar-refractivity contribution in [3.05, 3.63) is 18.0 Å². The van der Waals surface area contributed by atoms with Crippen LogP contribution in [0, 0.1) is 0 Å². The molecule has 1 aromatic heterocycles. The number of hydrogen-bond donors (Lipinski definition) is 1. The third kappa shape index (κ3) is 2.33. The molecule has 1 N–H and O–H groups in total. The summed E-state index contributed by atoms with van der Waals surface area (Å²) in [4.78, 5) is 2.39. The molecule has 0 atom stereocenters. The highest BCUT2D eigenvalue weighted by atomic mass is 16.5. The Balaban J connectivity index is 1.92. The Labute approximate surface area is 84.3 Å². The van der Waals surface area contributed by atoms with E-state index in [0.717, 1.165) is 31.9 Å². The highest BCUT2D eigenvalue weighted by Crippen LogP contribution is 2.12. The first-order valence-corrected chi connectivity index (χ1v) is 5.03. The van der Waals surface area contributed by atoms with Gasteiger partial charge in [-0.3, -0.25) is 4.90 Å². The van der Waals surface area contributed by atoms with Gasteiger partial charge in [0.25, 0.3) is 0 Å². The lowest BCUT2D eigenvalue weighted by molar-refractivity contribution is 0.136. The van der Waals surface area contributed by atoms with Crippen LogP contribution in [0.1, 0.15) is 19.6 Å². The van der Waals surface area contributed by atoms with Gasteiger partial charge in [-0.1, -0.05) is 5.16 Å². The third-order valence-electron chi connectivity index (χ3n) is 2.52. The number of rotatable bonds is 2. The zero-order valence-electron chi connectivity index (χ0n) is 8.79. The maximum atomic E-state index is 5.09. The Hall–Kier alpha value is -0.870. The first-order chi connectivity index (χ1) is 6.66. The van der Waals surface area contributed by atoms with Gasteiger partial charge in [-0.15, -0.1) is 0 Å². The minimum Gasteiger partial charge on any atom is -0.360 e. The molecule has 0 bridgehead atoms. The zero-order valence-corrected chi connectivity index (χ0v) is 8.79. The molecular formula is C10H17N3O. The van der Waals surface area contributed by atoms with Crippen LogP contribution in [0.3, 0.4) is 0 Å². The van der Waals surface area contributed by atoms with Gasteiger partial charge in [0.15, 0.2) is 5.76 Å². The van der Waals surface area contributed by atoms with Crippen LogP contribution in [-0.4, -0.2) is 35.2 Å². The lowest BCUT2D eigenvalue weighted by Crippen LogP contribution is -2.56. The van der Waals surface area contributed by atoms with E-state index in [1.54, 1.807) is 6.20 Å². The molecule has 78 valence electrons. The van der Waals surface area contributed by atoms with Crippen molar-refractivity contribution < 1.29 is 4.52 Å². The van der Waals surface area contributed by atoms with Crippen molar-refractivity contribution in [1.82, 2.24) is 15.4 Å². The summed E-state index contributed by atoms with van der Waals surface area (Å²) in [5.74, 6) is 0.947. The maximum absolute atomic E-state index is 5.09. The second-order valence-corrected chi connectivity index (χ2v) is 4.50. The van der Waals surface area contributed by atoms with Gasteiger partial charge >= 0.3 is 0 Å². The van der Waals surface area contributed by atoms with Gasteiger partial charge in [0.2, 0.25) is 0 Å². The van der Waals surface area contributed by atoms with Gasteiger partial charge in [-0.25, -0.2) is 0 Å². The molecule has 1 fully saturated rings. The van der Waals surface area contributed by atoms with Crippen molar-refractivity contribution in [3.8, 4) is 0 Å². The zero-order chi connectivity index (χ0) is 10.0. The largest absolute Gasteiger partial charge is 0.360 e. The summed E-state index contributed by atoms with van der Waals surface area (Å²) in [5, 5.41) is 7.19. The van der Waals surface area contributed by atoms with Gasteiger partial charge in [0.05, 0.1) is 12.7 Å². The Morgan fingerprint density at radius 3 is 3.14 bits per heavy atom. The highest BCUT2D eigenvalue weighted by Gasteiger charge is 2.25. The van der Waals surface area contributed by atoms with Gasteiger partial charge in [-0.05, 0) is 13.8 Å². The monoisotopic (exact) mass is 195 g/mol. The number of nitrogens with one attached hydrogen (secondary N) is 1. The van der Waals surface area contributed by atoms with Crippen molar-refractivity contribution in [2.24, 2.45) is 0 Å². The van der Waals surface area contributed by atoms with Gasteiger partial charge in [0.1, 0.15) is 0 Å². The summed E-state index contributed by atoms with van der Waals surface area (Å²) in [6.45, 7) is 8.48. The first kappa shape index (κ1) is 9.68. The molecule has 2 heterocycles. The van der Waals surface area contributed by atoms with Gasteiger partial charge in [-0.2, -0.15) is 0 Å². The summed E-state index contributed by atoms with van der Waals surface area (Å²) in [6.07, 6.45) is 1.70. The fraction of sp³-hybridized carbons (Fsp3) is 0.700. The van der Waals surface area contributed by atoms with E-state index in [1.165, 1.54) is 0 Å². The van der Waals surface area contributed by atoms with E-state index in [0.29, 0.717) is 0 Å². The van der Waals surface area contributed by atoms with Crippen LogP contribution in [-0.2, 0) is 6.54 Å². The van der Waals surface area contributed by atoms with E-state index >= 15 is 0 Å². The van der Waals surface area contributed by atoms with E-state index in [1.807, 2.05) is 6.07 Å². The Morgan fingerprint density at radius 2 is 2.50 bits per heavy atom. The fourth-order valence-electron chi connectivity index (χ4n) is 1.93. The molecule has 2 rings (SSSR count). The average Bonchev–Trinajstić information content (AvgIpc) is 2.54. The molecule has 0 saturated carbocycles. The van der Waals surface area contributed by atoms with Crippen LogP contribution < -0.4 is 5.32 Å². The maximum Gasteiger partial charge on any atom is 0.150 e. The first-order valence-electron chi connectivity index (χ1n) is 5.03. The minimum atomic E-state index is 0.207. The van der Waals surface area contributed by atoms with Crippen molar-refractivity contribution in [2.45, 2.75) is 25.9 Å². The minimum absolute atomic E-state index is 0.207. The van der Waals surface area contributed by atoms with Crippen molar-refractivity contribution in [2.75, 3.05) is 19.6 Å². The molecule has 1 saturated heterocycles. The molecule has 1 aromatic rings. The van der Waals surface area contributed by atoms with E-state index in [2.05, 4.69) is 29.2 Å². The fourth-order valence-corrected chi connectivity index (χ4v) is 1.93. The third-order valence-corrected chi connectivity index (χ3v) is 2.52. The van der Waals surface area contributed by atoms with E-state index in [9.17, 15) is 0 Å². The molecule has 0 aromatic carbocycles. The molecule has 1 aliphatic heterocycles. The lowest BCUT2D eigenvalue weighted by Gasteiger charge is -2.38. The Bertz CT molecular complexity index is 282.